The zero-order valence-electron chi connectivity index (χ0n) is 9.73. The van der Waals surface area contributed by atoms with Gasteiger partial charge in [-0.05, 0) is 12.1 Å². The zero-order chi connectivity index (χ0) is 13.9. The molecule has 0 aliphatic carbocycles. The molecule has 1 aromatic heterocycles. The molecule has 102 valence electrons. The van der Waals surface area contributed by atoms with Crippen LogP contribution in [0.15, 0.2) is 35.5 Å². The Morgan fingerprint density at radius 2 is 1.95 bits per heavy atom. The van der Waals surface area contributed by atoms with Gasteiger partial charge in [0.1, 0.15) is 10.7 Å². The van der Waals surface area contributed by atoms with Crippen molar-refractivity contribution in [2.75, 3.05) is 6.54 Å². The molecule has 1 aromatic carbocycles. The van der Waals surface area contributed by atoms with Gasteiger partial charge >= 0.3 is 0 Å². The Bertz CT molecular complexity index is 636. The van der Waals surface area contributed by atoms with E-state index >= 15 is 0 Å². The van der Waals surface area contributed by atoms with Crippen molar-refractivity contribution in [2.45, 2.75) is 11.3 Å². The predicted molar refractivity (Wildman–Crippen MR) is 73.9 cm³/mol. The fourth-order valence-electron chi connectivity index (χ4n) is 1.55. The summed E-state index contributed by atoms with van der Waals surface area (Å²) in [5.74, 6) is 0.702. The molecule has 0 saturated carbocycles. The number of aromatic nitrogens is 2. The molecule has 8 heteroatoms. The van der Waals surface area contributed by atoms with E-state index in [2.05, 4.69) is 14.7 Å². The van der Waals surface area contributed by atoms with Crippen LogP contribution in [0.5, 0.6) is 0 Å². The highest BCUT2D eigenvalue weighted by Gasteiger charge is 2.20. The maximum absolute atomic E-state index is 12.1. The maximum Gasteiger partial charge on any atom is 0.243 e. The summed E-state index contributed by atoms with van der Waals surface area (Å²) < 4.78 is 26.6. The highest BCUT2D eigenvalue weighted by molar-refractivity contribution is 7.89. The topological polar surface area (TPSA) is 74.8 Å². The van der Waals surface area contributed by atoms with E-state index in [0.29, 0.717) is 12.2 Å². The lowest BCUT2D eigenvalue weighted by Crippen LogP contribution is -2.26. The highest BCUT2D eigenvalue weighted by atomic mass is 35.5. The van der Waals surface area contributed by atoms with Crippen molar-refractivity contribution >= 4 is 33.2 Å². The number of nitrogens with one attached hydrogen (secondary N) is 2. The monoisotopic (exact) mass is 319 g/mol. The average Bonchev–Trinajstić information content (AvgIpc) is 2.81. The van der Waals surface area contributed by atoms with E-state index in [9.17, 15) is 8.42 Å². The summed E-state index contributed by atoms with van der Waals surface area (Å²) in [5, 5.41) is 0.191. The van der Waals surface area contributed by atoms with Crippen LogP contribution in [0.4, 0.5) is 0 Å². The molecule has 2 rings (SSSR count). The predicted octanol–water partition coefficient (Wildman–Crippen LogP) is 2.24. The van der Waals surface area contributed by atoms with Crippen molar-refractivity contribution in [3.05, 3.63) is 46.5 Å². The number of hydrogen-bond acceptors (Lipinski definition) is 3. The fraction of sp³-hybridized carbons (Fsp3) is 0.182. The van der Waals surface area contributed by atoms with Crippen LogP contribution in [0.2, 0.25) is 10.0 Å². The number of nitrogens with zero attached hydrogens (tertiary/aromatic N) is 1. The third-order valence-corrected chi connectivity index (χ3v) is 4.81. The number of H-pyrrole nitrogens is 1. The van der Waals surface area contributed by atoms with Crippen LogP contribution < -0.4 is 4.72 Å². The number of aromatic amines is 1. The van der Waals surface area contributed by atoms with Gasteiger partial charge in [0.2, 0.25) is 10.0 Å². The van der Waals surface area contributed by atoms with Gasteiger partial charge in [-0.15, -0.1) is 0 Å². The minimum atomic E-state index is -3.73. The Kier molecular flexibility index (Phi) is 4.46. The number of rotatable bonds is 5. The smallest absolute Gasteiger partial charge is 0.243 e. The van der Waals surface area contributed by atoms with E-state index in [1.807, 2.05) is 0 Å². The van der Waals surface area contributed by atoms with E-state index < -0.39 is 10.0 Å². The first-order chi connectivity index (χ1) is 9.00. The van der Waals surface area contributed by atoms with Crippen molar-refractivity contribution in [1.82, 2.24) is 14.7 Å². The van der Waals surface area contributed by atoms with Crippen molar-refractivity contribution in [2.24, 2.45) is 0 Å². The second-order valence-electron chi connectivity index (χ2n) is 3.73. The first kappa shape index (κ1) is 14.3. The number of hydrogen-bond donors (Lipinski definition) is 2. The minimum Gasteiger partial charge on any atom is -0.349 e. The lowest BCUT2D eigenvalue weighted by molar-refractivity contribution is 0.581. The molecule has 1 heterocycles. The van der Waals surface area contributed by atoms with Gasteiger partial charge in [-0.1, -0.05) is 29.3 Å². The molecule has 0 aliphatic rings. The third-order valence-electron chi connectivity index (χ3n) is 2.40. The van der Waals surface area contributed by atoms with E-state index in [1.165, 1.54) is 12.1 Å². The Hall–Kier alpha value is -1.08. The van der Waals surface area contributed by atoms with Gasteiger partial charge in [-0.2, -0.15) is 0 Å². The summed E-state index contributed by atoms with van der Waals surface area (Å²) in [4.78, 5) is 6.79. The van der Waals surface area contributed by atoms with Gasteiger partial charge in [0, 0.05) is 25.4 Å². The lowest BCUT2D eigenvalue weighted by atomic mass is 10.4. The zero-order valence-corrected chi connectivity index (χ0v) is 12.1. The molecular formula is C11H11Cl2N3O2S. The van der Waals surface area contributed by atoms with Crippen molar-refractivity contribution in [1.29, 1.82) is 0 Å². The molecule has 2 N–H and O–H groups in total. The van der Waals surface area contributed by atoms with Crippen LogP contribution in [0.25, 0.3) is 0 Å². The third kappa shape index (κ3) is 3.48. The number of halogens is 2. The molecule has 0 unspecified atom stereocenters. The van der Waals surface area contributed by atoms with E-state index in [-0.39, 0.29) is 21.5 Å². The fourth-order valence-corrected chi connectivity index (χ4v) is 3.72. The van der Waals surface area contributed by atoms with E-state index in [4.69, 9.17) is 23.2 Å². The van der Waals surface area contributed by atoms with Crippen molar-refractivity contribution < 1.29 is 8.42 Å². The van der Waals surface area contributed by atoms with Gasteiger partial charge in [0.15, 0.2) is 0 Å². The molecule has 5 nitrogen and oxygen atoms in total. The molecule has 0 fully saturated rings. The molecule has 0 bridgehead atoms. The Morgan fingerprint density at radius 1 is 1.26 bits per heavy atom. The summed E-state index contributed by atoms with van der Waals surface area (Å²) >= 11 is 11.7. The van der Waals surface area contributed by atoms with Crippen molar-refractivity contribution in [3.8, 4) is 0 Å². The SMILES string of the molecule is O=S(=O)(NCCc1ncc[nH]1)c1c(Cl)cccc1Cl. The second-order valence-corrected chi connectivity index (χ2v) is 6.25. The summed E-state index contributed by atoms with van der Waals surface area (Å²) in [6.07, 6.45) is 3.73. The van der Waals surface area contributed by atoms with Crippen molar-refractivity contribution in [3.63, 3.8) is 0 Å². The number of imidazole rings is 1. The van der Waals surface area contributed by atoms with Gasteiger partial charge in [0.05, 0.1) is 10.0 Å². The average molecular weight is 320 g/mol. The lowest BCUT2D eigenvalue weighted by Gasteiger charge is -2.09. The first-order valence-corrected chi connectivity index (χ1v) is 7.66. The standard InChI is InChI=1S/C11H11Cl2N3O2S/c12-8-2-1-3-9(13)11(8)19(17,18)16-5-4-10-14-6-7-15-10/h1-3,6-7,16H,4-5H2,(H,14,15). The summed E-state index contributed by atoms with van der Waals surface area (Å²) in [5.41, 5.74) is 0. The molecule has 0 saturated heterocycles. The van der Waals surface area contributed by atoms with Crippen LogP contribution in [-0.4, -0.2) is 24.9 Å². The Balaban J connectivity index is 2.10. The molecule has 19 heavy (non-hydrogen) atoms. The van der Waals surface area contributed by atoms with Crippen LogP contribution in [0.3, 0.4) is 0 Å². The maximum atomic E-state index is 12.1. The second kappa shape index (κ2) is 5.92. The Morgan fingerprint density at radius 3 is 2.53 bits per heavy atom. The number of benzene rings is 1. The van der Waals surface area contributed by atoms with Gasteiger partial charge < -0.3 is 4.98 Å². The van der Waals surface area contributed by atoms with Gasteiger partial charge in [-0.25, -0.2) is 18.1 Å². The molecule has 2 aromatic rings. The highest BCUT2D eigenvalue weighted by Crippen LogP contribution is 2.28. The molecule has 0 radical (unpaired) electrons. The first-order valence-electron chi connectivity index (χ1n) is 5.42. The summed E-state index contributed by atoms with van der Waals surface area (Å²) in [6, 6.07) is 4.55. The largest absolute Gasteiger partial charge is 0.349 e. The van der Waals surface area contributed by atoms with Crippen LogP contribution in [0.1, 0.15) is 5.82 Å². The van der Waals surface area contributed by atoms with E-state index in [0.717, 1.165) is 0 Å². The molecule has 0 aliphatic heterocycles. The quantitative estimate of drug-likeness (QED) is 0.887. The molecule has 0 atom stereocenters. The van der Waals surface area contributed by atoms with E-state index in [1.54, 1.807) is 18.5 Å². The van der Waals surface area contributed by atoms with Gasteiger partial charge in [0.25, 0.3) is 0 Å². The summed E-state index contributed by atoms with van der Waals surface area (Å²) in [7, 11) is -3.73. The molecule has 0 amide bonds. The van der Waals surface area contributed by atoms with Crippen LogP contribution >= 0.6 is 23.2 Å². The van der Waals surface area contributed by atoms with Crippen LogP contribution in [-0.2, 0) is 16.4 Å². The Labute approximate surface area is 121 Å². The normalized spacial score (nSPS) is 11.7. The minimum absolute atomic E-state index is 0.0954. The van der Waals surface area contributed by atoms with Crippen LogP contribution in [0, 0.1) is 0 Å². The van der Waals surface area contributed by atoms with Gasteiger partial charge in [-0.3, -0.25) is 0 Å². The molecule has 0 spiro atoms. The molecular weight excluding hydrogens is 309 g/mol. The number of sulfonamides is 1. The summed E-state index contributed by atoms with van der Waals surface area (Å²) in [6.45, 7) is 0.206.